The fraction of sp³-hybridized carbons (Fsp3) is 0.136. The van der Waals surface area contributed by atoms with Crippen molar-refractivity contribution < 1.29 is 14.3 Å². The average molecular weight is 475 g/mol. The molecule has 6 rings (SSSR count). The Kier molecular flexibility index (Phi) is 4.91. The summed E-state index contributed by atoms with van der Waals surface area (Å²) in [6, 6.07) is 14.4. The Bertz CT molecular complexity index is 1570. The molecular weight excluding hydrogens is 458 g/mol. The predicted octanol–water partition coefficient (Wildman–Crippen LogP) is 2.10. The third-order valence-electron chi connectivity index (χ3n) is 5.18. The van der Waals surface area contributed by atoms with Gasteiger partial charge >= 0.3 is 0 Å². The van der Waals surface area contributed by atoms with E-state index in [1.807, 2.05) is 30.3 Å². The highest BCUT2D eigenvalue weighted by Gasteiger charge is 2.17. The number of amides is 1. The zero-order valence-corrected chi connectivity index (χ0v) is 18.4. The second kappa shape index (κ2) is 8.23. The standard InChI is InChI=1S/C22H17N7O4S/c30-19-8-18-26-21(12-5-6-15-16(7-12)33-11-32-15)27-22(29(18)28-19)34-10-20(31)23-9-17-24-13-3-1-2-4-14(13)25-17/h1-8H,9-11H2,(H,23,31)(H,24,25)(H,28,30). The van der Waals surface area contributed by atoms with Crippen LogP contribution in [0.25, 0.3) is 28.1 Å². The van der Waals surface area contributed by atoms with Gasteiger partial charge in [-0.2, -0.15) is 0 Å². The van der Waals surface area contributed by atoms with Gasteiger partial charge in [-0.25, -0.2) is 19.5 Å². The van der Waals surface area contributed by atoms with Crippen molar-refractivity contribution >= 4 is 34.3 Å². The second-order valence-electron chi connectivity index (χ2n) is 7.48. The maximum absolute atomic E-state index is 12.5. The molecule has 4 heterocycles. The third-order valence-corrected chi connectivity index (χ3v) is 6.12. The van der Waals surface area contributed by atoms with E-state index in [9.17, 15) is 9.59 Å². The van der Waals surface area contributed by atoms with Crippen molar-refractivity contribution in [1.82, 2.24) is 34.9 Å². The molecule has 3 aromatic heterocycles. The molecule has 0 atom stereocenters. The Morgan fingerprint density at radius 1 is 1.09 bits per heavy atom. The molecule has 3 N–H and O–H groups in total. The second-order valence-corrected chi connectivity index (χ2v) is 8.42. The summed E-state index contributed by atoms with van der Waals surface area (Å²) in [7, 11) is 0. The van der Waals surface area contributed by atoms with Crippen molar-refractivity contribution in [1.29, 1.82) is 0 Å². The lowest BCUT2D eigenvalue weighted by Gasteiger charge is -2.08. The van der Waals surface area contributed by atoms with Crippen LogP contribution in [0.2, 0.25) is 0 Å². The van der Waals surface area contributed by atoms with Crippen LogP contribution in [0, 0.1) is 0 Å². The van der Waals surface area contributed by atoms with Gasteiger partial charge in [0.15, 0.2) is 28.1 Å². The van der Waals surface area contributed by atoms with E-state index in [1.165, 1.54) is 22.3 Å². The molecule has 0 spiro atoms. The van der Waals surface area contributed by atoms with E-state index in [-0.39, 0.29) is 30.6 Å². The van der Waals surface area contributed by atoms with Gasteiger partial charge in [0.05, 0.1) is 23.3 Å². The molecule has 0 saturated carbocycles. The maximum Gasteiger partial charge on any atom is 0.266 e. The van der Waals surface area contributed by atoms with E-state index in [0.717, 1.165) is 11.0 Å². The molecule has 1 aliphatic heterocycles. The number of aromatic nitrogens is 6. The number of rotatable bonds is 6. The first-order valence-electron chi connectivity index (χ1n) is 10.4. The Morgan fingerprint density at radius 3 is 2.88 bits per heavy atom. The number of thioether (sulfide) groups is 1. The lowest BCUT2D eigenvalue weighted by molar-refractivity contribution is -0.118. The van der Waals surface area contributed by atoms with E-state index >= 15 is 0 Å². The number of nitrogens with zero attached hydrogens (tertiary/aromatic N) is 4. The smallest absolute Gasteiger partial charge is 0.266 e. The Morgan fingerprint density at radius 2 is 1.97 bits per heavy atom. The van der Waals surface area contributed by atoms with Crippen LogP contribution in [-0.2, 0) is 11.3 Å². The van der Waals surface area contributed by atoms with E-state index in [4.69, 9.17) is 9.47 Å². The third kappa shape index (κ3) is 3.83. The first-order chi connectivity index (χ1) is 16.6. The van der Waals surface area contributed by atoms with Crippen molar-refractivity contribution in [3.63, 3.8) is 0 Å². The number of carbonyl (C=O) groups excluding carboxylic acids is 1. The fourth-order valence-electron chi connectivity index (χ4n) is 3.60. The highest BCUT2D eigenvalue weighted by molar-refractivity contribution is 7.99. The summed E-state index contributed by atoms with van der Waals surface area (Å²) in [4.78, 5) is 41.1. The molecule has 34 heavy (non-hydrogen) atoms. The number of nitrogens with one attached hydrogen (secondary N) is 3. The minimum atomic E-state index is -0.312. The Labute approximate surface area is 195 Å². The molecule has 12 heteroatoms. The molecule has 0 aliphatic carbocycles. The SMILES string of the molecule is O=C(CSc1nc(-c2ccc3c(c2)OCO3)nc2cc(=O)[nH]n12)NCc1nc2ccccc2[nH]1. The number of fused-ring (bicyclic) bond motifs is 3. The van der Waals surface area contributed by atoms with Crippen LogP contribution >= 0.6 is 11.8 Å². The predicted molar refractivity (Wildman–Crippen MR) is 124 cm³/mol. The van der Waals surface area contributed by atoms with E-state index in [0.29, 0.717) is 39.5 Å². The highest BCUT2D eigenvalue weighted by Crippen LogP contribution is 2.35. The first kappa shape index (κ1) is 20.3. The fourth-order valence-corrected chi connectivity index (χ4v) is 4.38. The molecule has 1 aliphatic rings. The van der Waals surface area contributed by atoms with Crippen LogP contribution in [0.4, 0.5) is 0 Å². The molecule has 170 valence electrons. The summed E-state index contributed by atoms with van der Waals surface area (Å²) < 4.78 is 12.3. The van der Waals surface area contributed by atoms with Gasteiger partial charge < -0.3 is 19.8 Å². The number of carbonyl (C=O) groups is 1. The minimum Gasteiger partial charge on any atom is -0.454 e. The quantitative estimate of drug-likeness (QED) is 0.317. The van der Waals surface area contributed by atoms with Gasteiger partial charge in [0.1, 0.15) is 5.82 Å². The minimum absolute atomic E-state index is 0.0904. The summed E-state index contributed by atoms with van der Waals surface area (Å²) >= 11 is 1.19. The molecule has 0 fully saturated rings. The Hall–Kier alpha value is -4.32. The zero-order chi connectivity index (χ0) is 23.1. The van der Waals surface area contributed by atoms with Crippen molar-refractivity contribution in [2.75, 3.05) is 12.5 Å². The largest absolute Gasteiger partial charge is 0.454 e. The van der Waals surface area contributed by atoms with Crippen LogP contribution < -0.4 is 20.3 Å². The first-order valence-corrected chi connectivity index (χ1v) is 11.3. The number of imidazole rings is 1. The van der Waals surface area contributed by atoms with E-state index < -0.39 is 0 Å². The molecule has 0 saturated heterocycles. The topological polar surface area (TPSA) is 139 Å². The van der Waals surface area contributed by atoms with Gasteiger partial charge in [-0.15, -0.1) is 0 Å². The summed E-state index contributed by atoms with van der Waals surface area (Å²) in [5.74, 6) is 2.22. The number of H-pyrrole nitrogens is 2. The lowest BCUT2D eigenvalue weighted by Crippen LogP contribution is -2.25. The molecule has 0 bridgehead atoms. The van der Waals surface area contributed by atoms with Crippen molar-refractivity contribution in [2.45, 2.75) is 11.7 Å². The van der Waals surface area contributed by atoms with Gasteiger partial charge in [0.25, 0.3) is 5.56 Å². The van der Waals surface area contributed by atoms with Gasteiger partial charge in [0, 0.05) is 11.6 Å². The number of benzene rings is 2. The van der Waals surface area contributed by atoms with Gasteiger partial charge in [0.2, 0.25) is 12.7 Å². The lowest BCUT2D eigenvalue weighted by atomic mass is 10.2. The summed E-state index contributed by atoms with van der Waals surface area (Å²) in [5, 5.41) is 5.95. The summed E-state index contributed by atoms with van der Waals surface area (Å²) in [6.45, 7) is 0.437. The molecular formula is C22H17N7O4S. The van der Waals surface area contributed by atoms with Crippen LogP contribution in [0.1, 0.15) is 5.82 Å². The molecule has 2 aromatic carbocycles. The Balaban J connectivity index is 1.20. The summed E-state index contributed by atoms with van der Waals surface area (Å²) in [6.07, 6.45) is 0. The highest BCUT2D eigenvalue weighted by atomic mass is 32.2. The number of para-hydroxylation sites is 2. The molecule has 0 radical (unpaired) electrons. The number of hydrogen-bond acceptors (Lipinski definition) is 8. The van der Waals surface area contributed by atoms with Crippen LogP contribution in [0.15, 0.2) is 58.5 Å². The number of ether oxygens (including phenoxy) is 2. The summed E-state index contributed by atoms with van der Waals surface area (Å²) in [5.41, 5.74) is 2.55. The van der Waals surface area contributed by atoms with Crippen LogP contribution in [0.5, 0.6) is 11.5 Å². The van der Waals surface area contributed by atoms with Crippen molar-refractivity contribution in [3.8, 4) is 22.9 Å². The number of aromatic amines is 2. The van der Waals surface area contributed by atoms with Crippen LogP contribution in [-0.4, -0.2) is 48.0 Å². The molecule has 11 nitrogen and oxygen atoms in total. The average Bonchev–Trinajstić information content (AvgIpc) is 3.57. The number of hydrogen-bond donors (Lipinski definition) is 3. The zero-order valence-electron chi connectivity index (χ0n) is 17.6. The van der Waals surface area contributed by atoms with Crippen molar-refractivity contribution in [2.24, 2.45) is 0 Å². The molecule has 1 amide bonds. The maximum atomic E-state index is 12.5. The van der Waals surface area contributed by atoms with Gasteiger partial charge in [-0.3, -0.25) is 14.7 Å². The van der Waals surface area contributed by atoms with Crippen molar-refractivity contribution in [3.05, 3.63) is 64.7 Å². The molecule has 5 aromatic rings. The van der Waals surface area contributed by atoms with Gasteiger partial charge in [-0.05, 0) is 30.3 Å². The van der Waals surface area contributed by atoms with Gasteiger partial charge in [-0.1, -0.05) is 23.9 Å². The van der Waals surface area contributed by atoms with Crippen LogP contribution in [0.3, 0.4) is 0 Å². The van der Waals surface area contributed by atoms with E-state index in [2.05, 4.69) is 30.4 Å². The normalized spacial score (nSPS) is 12.5. The van der Waals surface area contributed by atoms with E-state index in [1.54, 1.807) is 12.1 Å². The molecule has 0 unspecified atom stereocenters. The monoisotopic (exact) mass is 475 g/mol.